The van der Waals surface area contributed by atoms with Gasteiger partial charge in [0.1, 0.15) is 23.9 Å². The van der Waals surface area contributed by atoms with Crippen molar-refractivity contribution in [2.75, 3.05) is 14.2 Å². The monoisotopic (exact) mass is 569 g/mol. The molecule has 10 heteroatoms. The molecule has 1 aromatic heterocycles. The maximum absolute atomic E-state index is 14.2. The number of esters is 1. The Bertz CT molecular complexity index is 1530. The Labute approximate surface area is 244 Å². The molecule has 0 bridgehead atoms. The van der Waals surface area contributed by atoms with Crippen LogP contribution in [-0.2, 0) is 27.4 Å². The molecule has 0 unspecified atom stereocenters. The molecule has 0 spiro atoms. The first-order valence-corrected chi connectivity index (χ1v) is 14.2. The standard InChI is InChI=1S/C32H35N5O5/c1-41-26-18-12-22(13-19-26)20-36(29(38)21-37-28-11-7-6-10-27(28)34-35-37)30(31(39)33-25-8-4-3-5-9-25)23-14-16-24(17-15-23)32(40)42-2/h6-7,10-19,25,30H,3-5,8-9,20-21H2,1-2H3,(H,33,39)/t30-/m0/s1. The second kappa shape index (κ2) is 13.3. The summed E-state index contributed by atoms with van der Waals surface area (Å²) in [6.45, 7) is 0.0566. The van der Waals surface area contributed by atoms with Crippen LogP contribution in [0.25, 0.3) is 11.0 Å². The van der Waals surface area contributed by atoms with Crippen LogP contribution in [0.3, 0.4) is 0 Å². The Morgan fingerprint density at radius 2 is 1.67 bits per heavy atom. The predicted octanol–water partition coefficient (Wildman–Crippen LogP) is 4.45. The molecule has 0 radical (unpaired) electrons. The zero-order valence-electron chi connectivity index (χ0n) is 23.9. The first kappa shape index (κ1) is 28.8. The van der Waals surface area contributed by atoms with E-state index in [1.807, 2.05) is 48.5 Å². The van der Waals surface area contributed by atoms with Gasteiger partial charge in [-0.15, -0.1) is 5.10 Å². The number of nitrogens with zero attached hydrogens (tertiary/aromatic N) is 4. The number of carbonyl (C=O) groups excluding carboxylic acids is 3. The summed E-state index contributed by atoms with van der Waals surface area (Å²) in [6.07, 6.45) is 5.06. The molecule has 1 aliphatic carbocycles. The van der Waals surface area contributed by atoms with Gasteiger partial charge in [0.05, 0.1) is 25.3 Å². The lowest BCUT2D eigenvalue weighted by Crippen LogP contribution is -2.47. The van der Waals surface area contributed by atoms with Crippen molar-refractivity contribution in [1.82, 2.24) is 25.2 Å². The lowest BCUT2D eigenvalue weighted by atomic mass is 9.94. The highest BCUT2D eigenvalue weighted by atomic mass is 16.5. The first-order valence-electron chi connectivity index (χ1n) is 14.2. The zero-order chi connectivity index (χ0) is 29.5. The van der Waals surface area contributed by atoms with E-state index in [0.29, 0.717) is 22.4 Å². The third kappa shape index (κ3) is 6.59. The fourth-order valence-electron chi connectivity index (χ4n) is 5.42. The molecule has 0 aliphatic heterocycles. The lowest BCUT2D eigenvalue weighted by Gasteiger charge is -2.33. The van der Waals surface area contributed by atoms with Gasteiger partial charge in [-0.05, 0) is 60.4 Å². The van der Waals surface area contributed by atoms with Crippen molar-refractivity contribution in [3.05, 3.63) is 89.5 Å². The predicted molar refractivity (Wildman–Crippen MR) is 157 cm³/mol. The van der Waals surface area contributed by atoms with Crippen molar-refractivity contribution in [2.24, 2.45) is 0 Å². The molecule has 1 aliphatic rings. The molecule has 10 nitrogen and oxygen atoms in total. The van der Waals surface area contributed by atoms with Crippen LogP contribution in [-0.4, -0.2) is 57.9 Å². The third-order valence-corrected chi connectivity index (χ3v) is 7.70. The Balaban J connectivity index is 1.53. The second-order valence-electron chi connectivity index (χ2n) is 10.5. The normalized spacial score (nSPS) is 14.2. The summed E-state index contributed by atoms with van der Waals surface area (Å²) in [5.41, 5.74) is 3.17. The third-order valence-electron chi connectivity index (χ3n) is 7.70. The highest BCUT2D eigenvalue weighted by Crippen LogP contribution is 2.27. The van der Waals surface area contributed by atoms with Crippen molar-refractivity contribution in [1.29, 1.82) is 0 Å². The topological polar surface area (TPSA) is 116 Å². The zero-order valence-corrected chi connectivity index (χ0v) is 23.9. The van der Waals surface area contributed by atoms with Gasteiger partial charge in [-0.1, -0.05) is 60.9 Å². The fraction of sp³-hybridized carbons (Fsp3) is 0.344. The number of benzene rings is 3. The molecule has 42 heavy (non-hydrogen) atoms. The summed E-state index contributed by atoms with van der Waals surface area (Å²) < 4.78 is 11.7. The van der Waals surface area contributed by atoms with Gasteiger partial charge in [-0.3, -0.25) is 9.59 Å². The Hall–Kier alpha value is -4.73. The van der Waals surface area contributed by atoms with Gasteiger partial charge in [0.15, 0.2) is 0 Å². The summed E-state index contributed by atoms with van der Waals surface area (Å²) in [6, 6.07) is 20.5. The van der Waals surface area contributed by atoms with Gasteiger partial charge < -0.3 is 19.7 Å². The van der Waals surface area contributed by atoms with Gasteiger partial charge in [0.2, 0.25) is 11.8 Å². The van der Waals surface area contributed by atoms with Gasteiger partial charge in [-0.2, -0.15) is 0 Å². The van der Waals surface area contributed by atoms with Crippen LogP contribution in [0.2, 0.25) is 0 Å². The van der Waals surface area contributed by atoms with Crippen molar-refractivity contribution in [3.8, 4) is 5.75 Å². The van der Waals surface area contributed by atoms with E-state index in [1.165, 1.54) is 7.11 Å². The summed E-state index contributed by atoms with van der Waals surface area (Å²) >= 11 is 0. The van der Waals surface area contributed by atoms with E-state index in [4.69, 9.17) is 9.47 Å². The van der Waals surface area contributed by atoms with Crippen molar-refractivity contribution >= 4 is 28.8 Å². The molecule has 2 amide bonds. The molecule has 1 heterocycles. The molecule has 5 rings (SSSR count). The Morgan fingerprint density at radius 1 is 0.952 bits per heavy atom. The molecule has 1 saturated carbocycles. The average Bonchev–Trinajstić information content (AvgIpc) is 3.44. The minimum atomic E-state index is -0.956. The van der Waals surface area contributed by atoms with E-state index in [2.05, 4.69) is 15.6 Å². The smallest absolute Gasteiger partial charge is 0.337 e. The summed E-state index contributed by atoms with van der Waals surface area (Å²) in [4.78, 5) is 42.0. The van der Waals surface area contributed by atoms with E-state index in [9.17, 15) is 14.4 Å². The van der Waals surface area contributed by atoms with Crippen LogP contribution in [0.5, 0.6) is 5.75 Å². The number of hydrogen-bond acceptors (Lipinski definition) is 7. The van der Waals surface area contributed by atoms with Gasteiger partial charge in [0, 0.05) is 12.6 Å². The van der Waals surface area contributed by atoms with E-state index in [-0.39, 0.29) is 30.9 Å². The molecule has 0 saturated heterocycles. The highest BCUT2D eigenvalue weighted by molar-refractivity contribution is 5.91. The fourth-order valence-corrected chi connectivity index (χ4v) is 5.42. The lowest BCUT2D eigenvalue weighted by molar-refractivity contribution is -0.142. The van der Waals surface area contributed by atoms with E-state index in [0.717, 1.165) is 43.2 Å². The molecule has 3 aromatic carbocycles. The number of ether oxygens (including phenoxy) is 2. The minimum absolute atomic E-state index is 0.0419. The molecule has 1 atom stereocenters. The number of fused-ring (bicyclic) bond motifs is 1. The Kier molecular flexibility index (Phi) is 9.11. The number of nitrogens with one attached hydrogen (secondary N) is 1. The number of methoxy groups -OCH3 is 2. The maximum Gasteiger partial charge on any atom is 0.337 e. The van der Waals surface area contributed by atoms with Crippen LogP contribution in [0, 0.1) is 0 Å². The van der Waals surface area contributed by atoms with Crippen molar-refractivity contribution in [3.63, 3.8) is 0 Å². The van der Waals surface area contributed by atoms with E-state index >= 15 is 0 Å². The van der Waals surface area contributed by atoms with Gasteiger partial charge in [-0.25, -0.2) is 9.48 Å². The largest absolute Gasteiger partial charge is 0.497 e. The molecule has 218 valence electrons. The molecule has 4 aromatic rings. The number of amides is 2. The SMILES string of the molecule is COC(=O)c1ccc([C@@H](C(=O)NC2CCCCC2)N(Cc2ccc(OC)cc2)C(=O)Cn2nnc3ccccc32)cc1. The quantitative estimate of drug-likeness (QED) is 0.281. The first-order chi connectivity index (χ1) is 20.5. The number of para-hydroxylation sites is 1. The van der Waals surface area contributed by atoms with Crippen LogP contribution in [0.4, 0.5) is 0 Å². The number of hydrogen-bond donors (Lipinski definition) is 1. The number of carbonyl (C=O) groups is 3. The molecule has 1 N–H and O–H groups in total. The van der Waals surface area contributed by atoms with Crippen molar-refractivity contribution < 1.29 is 23.9 Å². The van der Waals surface area contributed by atoms with Crippen LogP contribution >= 0.6 is 0 Å². The van der Waals surface area contributed by atoms with E-state index in [1.54, 1.807) is 41.0 Å². The number of aromatic nitrogens is 3. The van der Waals surface area contributed by atoms with Crippen LogP contribution in [0.15, 0.2) is 72.8 Å². The second-order valence-corrected chi connectivity index (χ2v) is 10.5. The maximum atomic E-state index is 14.2. The summed E-state index contributed by atoms with van der Waals surface area (Å²) in [5.74, 6) is -0.356. The molecular weight excluding hydrogens is 534 g/mol. The highest BCUT2D eigenvalue weighted by Gasteiger charge is 2.33. The van der Waals surface area contributed by atoms with Crippen molar-refractivity contribution in [2.45, 2.75) is 57.3 Å². The molecular formula is C32H35N5O5. The summed E-state index contributed by atoms with van der Waals surface area (Å²) in [7, 11) is 2.91. The number of rotatable bonds is 10. The average molecular weight is 570 g/mol. The van der Waals surface area contributed by atoms with E-state index < -0.39 is 12.0 Å². The van der Waals surface area contributed by atoms with Gasteiger partial charge in [0.25, 0.3) is 0 Å². The van der Waals surface area contributed by atoms with Gasteiger partial charge >= 0.3 is 5.97 Å². The Morgan fingerprint density at radius 3 is 2.36 bits per heavy atom. The minimum Gasteiger partial charge on any atom is -0.497 e. The van der Waals surface area contributed by atoms with Crippen LogP contribution < -0.4 is 10.1 Å². The van der Waals surface area contributed by atoms with Crippen LogP contribution in [0.1, 0.15) is 59.6 Å². The molecule has 1 fully saturated rings. The summed E-state index contributed by atoms with van der Waals surface area (Å²) in [5, 5.41) is 11.6.